The molecular formula is C13H13NO4. The zero-order valence-electron chi connectivity index (χ0n) is 10.4. The van der Waals surface area contributed by atoms with Gasteiger partial charge in [-0.15, -0.1) is 0 Å². The molecule has 0 atom stereocenters. The van der Waals surface area contributed by atoms with Gasteiger partial charge in [-0.3, -0.25) is 0 Å². The molecular weight excluding hydrogens is 234 g/mol. The SMILES string of the molecule is COC(=O)c1[nH]c2cc(C)ccc2c1C(=O)OC. The van der Waals surface area contributed by atoms with Crippen molar-refractivity contribution < 1.29 is 19.1 Å². The number of nitrogens with one attached hydrogen (secondary N) is 1. The van der Waals surface area contributed by atoms with Gasteiger partial charge < -0.3 is 14.5 Å². The van der Waals surface area contributed by atoms with Crippen molar-refractivity contribution in [3.05, 3.63) is 35.0 Å². The first-order chi connectivity index (χ1) is 8.58. The van der Waals surface area contributed by atoms with Gasteiger partial charge in [0.05, 0.1) is 19.8 Å². The second-order valence-corrected chi connectivity index (χ2v) is 3.91. The van der Waals surface area contributed by atoms with Gasteiger partial charge in [-0.25, -0.2) is 9.59 Å². The number of benzene rings is 1. The summed E-state index contributed by atoms with van der Waals surface area (Å²) in [5.41, 5.74) is 2.05. The van der Waals surface area contributed by atoms with E-state index < -0.39 is 11.9 Å². The molecule has 0 aliphatic heterocycles. The smallest absolute Gasteiger partial charge is 0.355 e. The molecule has 1 heterocycles. The maximum absolute atomic E-state index is 11.8. The number of esters is 2. The van der Waals surface area contributed by atoms with Crippen LogP contribution in [0.25, 0.3) is 10.9 Å². The zero-order chi connectivity index (χ0) is 13.3. The first-order valence-corrected chi connectivity index (χ1v) is 5.37. The maximum Gasteiger partial charge on any atom is 0.355 e. The van der Waals surface area contributed by atoms with Gasteiger partial charge >= 0.3 is 11.9 Å². The Morgan fingerprint density at radius 1 is 1.11 bits per heavy atom. The second kappa shape index (κ2) is 4.52. The van der Waals surface area contributed by atoms with Crippen LogP contribution in [0.15, 0.2) is 18.2 Å². The Labute approximate surface area is 104 Å². The molecule has 0 saturated heterocycles. The summed E-state index contributed by atoms with van der Waals surface area (Å²) in [5.74, 6) is -1.16. The summed E-state index contributed by atoms with van der Waals surface area (Å²) in [6, 6.07) is 5.50. The van der Waals surface area contributed by atoms with Crippen LogP contribution in [0.1, 0.15) is 26.4 Å². The van der Waals surface area contributed by atoms with Crippen LogP contribution in [0.5, 0.6) is 0 Å². The van der Waals surface area contributed by atoms with Crippen LogP contribution in [0.2, 0.25) is 0 Å². The molecule has 5 heteroatoms. The summed E-state index contributed by atoms with van der Waals surface area (Å²) in [6.07, 6.45) is 0. The Morgan fingerprint density at radius 3 is 2.39 bits per heavy atom. The molecule has 0 saturated carbocycles. The molecule has 0 bridgehead atoms. The van der Waals surface area contributed by atoms with Crippen molar-refractivity contribution in [2.45, 2.75) is 6.92 Å². The normalized spacial score (nSPS) is 10.4. The van der Waals surface area contributed by atoms with Gasteiger partial charge in [0.1, 0.15) is 5.69 Å². The number of ether oxygens (including phenoxy) is 2. The summed E-state index contributed by atoms with van der Waals surface area (Å²) in [5, 5.41) is 0.646. The summed E-state index contributed by atoms with van der Waals surface area (Å²) in [7, 11) is 2.54. The third-order valence-corrected chi connectivity index (χ3v) is 2.73. The highest BCUT2D eigenvalue weighted by atomic mass is 16.5. The summed E-state index contributed by atoms with van der Waals surface area (Å²) in [4.78, 5) is 26.3. The fraction of sp³-hybridized carbons (Fsp3) is 0.231. The number of carbonyl (C=O) groups is 2. The molecule has 0 unspecified atom stereocenters. The first-order valence-electron chi connectivity index (χ1n) is 5.37. The number of aryl methyl sites for hydroxylation is 1. The number of hydrogen-bond donors (Lipinski definition) is 1. The summed E-state index contributed by atoms with van der Waals surface area (Å²) in [6.45, 7) is 1.93. The van der Waals surface area contributed by atoms with Crippen molar-refractivity contribution >= 4 is 22.8 Å². The van der Waals surface area contributed by atoms with Crippen molar-refractivity contribution in [3.63, 3.8) is 0 Å². The molecule has 18 heavy (non-hydrogen) atoms. The molecule has 1 N–H and O–H groups in total. The largest absolute Gasteiger partial charge is 0.465 e. The molecule has 0 aliphatic carbocycles. The van der Waals surface area contributed by atoms with Gasteiger partial charge in [-0.05, 0) is 18.6 Å². The number of aromatic amines is 1. The highest BCUT2D eigenvalue weighted by Gasteiger charge is 2.24. The third-order valence-electron chi connectivity index (χ3n) is 2.73. The van der Waals surface area contributed by atoms with E-state index in [-0.39, 0.29) is 11.3 Å². The quantitative estimate of drug-likeness (QED) is 0.824. The summed E-state index contributed by atoms with van der Waals surface area (Å²) >= 11 is 0. The van der Waals surface area contributed by atoms with Crippen molar-refractivity contribution in [1.29, 1.82) is 0 Å². The standard InChI is InChI=1S/C13H13NO4/c1-7-4-5-8-9(6-7)14-11(13(16)18-3)10(8)12(15)17-2/h4-6,14H,1-3H3. The molecule has 0 radical (unpaired) electrons. The predicted molar refractivity (Wildman–Crippen MR) is 65.7 cm³/mol. The zero-order valence-corrected chi connectivity index (χ0v) is 10.4. The van der Waals surface area contributed by atoms with Crippen LogP contribution in [0, 0.1) is 6.92 Å². The molecule has 1 aromatic carbocycles. The molecule has 0 aliphatic rings. The topological polar surface area (TPSA) is 68.4 Å². The van der Waals surface area contributed by atoms with E-state index in [1.807, 2.05) is 19.1 Å². The van der Waals surface area contributed by atoms with Crippen LogP contribution >= 0.6 is 0 Å². The van der Waals surface area contributed by atoms with Crippen LogP contribution in [-0.2, 0) is 9.47 Å². The molecule has 5 nitrogen and oxygen atoms in total. The van der Waals surface area contributed by atoms with E-state index in [9.17, 15) is 9.59 Å². The van der Waals surface area contributed by atoms with E-state index in [2.05, 4.69) is 9.72 Å². The van der Waals surface area contributed by atoms with Gasteiger partial charge in [0.2, 0.25) is 0 Å². The minimum absolute atomic E-state index is 0.116. The van der Waals surface area contributed by atoms with Gasteiger partial charge in [0.25, 0.3) is 0 Å². The lowest BCUT2D eigenvalue weighted by molar-refractivity contribution is 0.0553. The van der Waals surface area contributed by atoms with Crippen molar-refractivity contribution in [2.24, 2.45) is 0 Å². The fourth-order valence-electron chi connectivity index (χ4n) is 1.88. The fourth-order valence-corrected chi connectivity index (χ4v) is 1.88. The van der Waals surface area contributed by atoms with Crippen LogP contribution in [0.3, 0.4) is 0 Å². The van der Waals surface area contributed by atoms with E-state index in [1.54, 1.807) is 6.07 Å². The predicted octanol–water partition coefficient (Wildman–Crippen LogP) is 2.05. The van der Waals surface area contributed by atoms with Gasteiger partial charge in [0, 0.05) is 10.9 Å². The van der Waals surface area contributed by atoms with Crippen molar-refractivity contribution in [1.82, 2.24) is 4.98 Å². The number of carbonyl (C=O) groups excluding carboxylic acids is 2. The Bertz CT molecular complexity index is 627. The van der Waals surface area contributed by atoms with Gasteiger partial charge in [0.15, 0.2) is 0 Å². The van der Waals surface area contributed by atoms with Crippen molar-refractivity contribution in [3.8, 4) is 0 Å². The maximum atomic E-state index is 11.8. The third kappa shape index (κ3) is 1.84. The van der Waals surface area contributed by atoms with Crippen molar-refractivity contribution in [2.75, 3.05) is 14.2 Å². The highest BCUT2D eigenvalue weighted by molar-refractivity contribution is 6.12. The minimum atomic E-state index is -0.593. The van der Waals surface area contributed by atoms with E-state index in [0.29, 0.717) is 10.9 Å². The van der Waals surface area contributed by atoms with E-state index in [0.717, 1.165) is 5.56 Å². The molecule has 2 rings (SSSR count). The Kier molecular flexibility index (Phi) is 3.06. The monoisotopic (exact) mass is 247 g/mol. The first kappa shape index (κ1) is 12.2. The number of H-pyrrole nitrogens is 1. The lowest BCUT2D eigenvalue weighted by Gasteiger charge is -2.01. The average molecular weight is 247 g/mol. The average Bonchev–Trinajstić information content (AvgIpc) is 2.75. The van der Waals surface area contributed by atoms with E-state index >= 15 is 0 Å². The van der Waals surface area contributed by atoms with Crippen LogP contribution in [0.4, 0.5) is 0 Å². The van der Waals surface area contributed by atoms with Gasteiger partial charge in [-0.1, -0.05) is 12.1 Å². The minimum Gasteiger partial charge on any atom is -0.465 e. The van der Waals surface area contributed by atoms with Gasteiger partial charge in [-0.2, -0.15) is 0 Å². The molecule has 0 fully saturated rings. The highest BCUT2D eigenvalue weighted by Crippen LogP contribution is 2.24. The number of fused-ring (bicyclic) bond motifs is 1. The van der Waals surface area contributed by atoms with Crippen LogP contribution in [-0.4, -0.2) is 31.1 Å². The number of hydrogen-bond acceptors (Lipinski definition) is 4. The number of rotatable bonds is 2. The Morgan fingerprint density at radius 2 is 1.78 bits per heavy atom. The lowest BCUT2D eigenvalue weighted by Crippen LogP contribution is -2.10. The van der Waals surface area contributed by atoms with E-state index in [4.69, 9.17) is 4.74 Å². The van der Waals surface area contributed by atoms with E-state index in [1.165, 1.54) is 14.2 Å². The lowest BCUT2D eigenvalue weighted by atomic mass is 10.1. The summed E-state index contributed by atoms with van der Waals surface area (Å²) < 4.78 is 9.35. The Balaban J connectivity index is 2.76. The number of aromatic nitrogens is 1. The Hall–Kier alpha value is -2.30. The molecule has 94 valence electrons. The molecule has 0 spiro atoms. The molecule has 0 amide bonds. The number of methoxy groups -OCH3 is 2. The van der Waals surface area contributed by atoms with Crippen LogP contribution < -0.4 is 0 Å². The molecule has 1 aromatic heterocycles. The second-order valence-electron chi connectivity index (χ2n) is 3.91. The molecule has 2 aromatic rings.